The summed E-state index contributed by atoms with van der Waals surface area (Å²) in [5.41, 5.74) is 2.55. The standard InChI is InChI=1S/C31H29NO8/c1-4-38-31(35)27-24-18-22(12-14-26(24)40-29(27)19-7-9-20(36-2)10-8-19)39-16-6-5-15-32-25-13-11-21(37-3)17-23(25)28(33)30(32)34/h7-14,17-18H,4-6,15-16H2,1-3H3. The van der Waals surface area contributed by atoms with Crippen LogP contribution in [-0.2, 0) is 9.53 Å². The van der Waals surface area contributed by atoms with Gasteiger partial charge in [-0.25, -0.2) is 4.79 Å². The van der Waals surface area contributed by atoms with Gasteiger partial charge in [0.15, 0.2) is 0 Å². The van der Waals surface area contributed by atoms with E-state index in [-0.39, 0.29) is 6.61 Å². The molecule has 9 nitrogen and oxygen atoms in total. The molecule has 0 unspecified atom stereocenters. The van der Waals surface area contributed by atoms with E-state index in [9.17, 15) is 14.4 Å². The molecule has 2 heterocycles. The third-order valence-electron chi connectivity index (χ3n) is 6.71. The Bertz CT molecular complexity index is 1570. The number of ether oxygens (including phenoxy) is 4. The molecule has 0 radical (unpaired) electrons. The molecule has 1 amide bonds. The number of anilines is 1. The number of methoxy groups -OCH3 is 2. The predicted molar refractivity (Wildman–Crippen MR) is 149 cm³/mol. The lowest BCUT2D eigenvalue weighted by molar-refractivity contribution is -0.114. The Balaban J connectivity index is 1.27. The van der Waals surface area contributed by atoms with Gasteiger partial charge in [-0.3, -0.25) is 9.59 Å². The maximum atomic E-state index is 12.9. The molecule has 9 heteroatoms. The van der Waals surface area contributed by atoms with Crippen LogP contribution >= 0.6 is 0 Å². The van der Waals surface area contributed by atoms with Gasteiger partial charge in [0.05, 0.1) is 38.7 Å². The van der Waals surface area contributed by atoms with Crippen LogP contribution in [0.25, 0.3) is 22.3 Å². The van der Waals surface area contributed by atoms with Gasteiger partial charge in [-0.15, -0.1) is 0 Å². The highest BCUT2D eigenvalue weighted by atomic mass is 16.5. The van der Waals surface area contributed by atoms with Crippen LogP contribution < -0.4 is 19.1 Å². The fourth-order valence-corrected chi connectivity index (χ4v) is 4.71. The van der Waals surface area contributed by atoms with Gasteiger partial charge in [0.1, 0.15) is 34.2 Å². The van der Waals surface area contributed by atoms with Gasteiger partial charge in [0, 0.05) is 17.5 Å². The fraction of sp³-hybridized carbons (Fsp3) is 0.258. The number of benzene rings is 3. The van der Waals surface area contributed by atoms with Crippen LogP contribution in [0.3, 0.4) is 0 Å². The molecular formula is C31H29NO8. The average molecular weight is 544 g/mol. The molecule has 0 saturated heterocycles. The maximum Gasteiger partial charge on any atom is 0.342 e. The molecule has 0 spiro atoms. The van der Waals surface area contributed by atoms with Crippen molar-refractivity contribution in [3.63, 3.8) is 0 Å². The summed E-state index contributed by atoms with van der Waals surface area (Å²) in [6.45, 7) is 2.76. The second-order valence-electron chi connectivity index (χ2n) is 9.14. The van der Waals surface area contributed by atoms with E-state index in [0.29, 0.717) is 76.8 Å². The van der Waals surface area contributed by atoms with E-state index in [0.717, 1.165) is 5.56 Å². The Labute approximate surface area is 231 Å². The minimum Gasteiger partial charge on any atom is -0.497 e. The minimum absolute atomic E-state index is 0.229. The molecule has 1 aromatic heterocycles. The van der Waals surface area contributed by atoms with Gasteiger partial charge in [0.2, 0.25) is 0 Å². The molecule has 0 N–H and O–H groups in total. The number of Topliss-reactive ketones (excluding diaryl/α,β-unsaturated/α-hetero) is 1. The molecule has 0 fully saturated rings. The summed E-state index contributed by atoms with van der Waals surface area (Å²) in [7, 11) is 3.10. The first-order chi connectivity index (χ1) is 19.4. The topological polar surface area (TPSA) is 105 Å². The highest BCUT2D eigenvalue weighted by Crippen LogP contribution is 2.37. The van der Waals surface area contributed by atoms with Gasteiger partial charge in [0.25, 0.3) is 11.7 Å². The first-order valence-electron chi connectivity index (χ1n) is 13.0. The predicted octanol–water partition coefficient (Wildman–Crippen LogP) is 5.68. The van der Waals surface area contributed by atoms with E-state index in [4.69, 9.17) is 23.4 Å². The van der Waals surface area contributed by atoms with Crippen LogP contribution in [0, 0.1) is 0 Å². The van der Waals surface area contributed by atoms with Crippen molar-refractivity contribution < 1.29 is 37.7 Å². The number of carbonyl (C=O) groups excluding carboxylic acids is 3. The maximum absolute atomic E-state index is 12.9. The third-order valence-corrected chi connectivity index (χ3v) is 6.71. The van der Waals surface area contributed by atoms with Gasteiger partial charge < -0.3 is 28.3 Å². The summed E-state index contributed by atoms with van der Waals surface area (Å²) in [5.74, 6) is 0.678. The number of nitrogens with zero attached hydrogens (tertiary/aromatic N) is 1. The van der Waals surface area contributed by atoms with Crippen LogP contribution in [-0.4, -0.2) is 51.6 Å². The van der Waals surface area contributed by atoms with E-state index in [1.54, 1.807) is 62.6 Å². The van der Waals surface area contributed by atoms with Crippen LogP contribution in [0.1, 0.15) is 40.5 Å². The molecule has 0 atom stereocenters. The van der Waals surface area contributed by atoms with E-state index >= 15 is 0 Å². The summed E-state index contributed by atoms with van der Waals surface area (Å²) in [6.07, 6.45) is 1.28. The van der Waals surface area contributed by atoms with E-state index in [2.05, 4.69) is 0 Å². The third kappa shape index (κ3) is 5.10. The number of ketones is 1. The molecule has 206 valence electrons. The largest absolute Gasteiger partial charge is 0.497 e. The number of carbonyl (C=O) groups is 3. The normalized spacial score (nSPS) is 12.5. The van der Waals surface area contributed by atoms with Crippen molar-refractivity contribution in [3.05, 3.63) is 71.8 Å². The zero-order valence-corrected chi connectivity index (χ0v) is 22.5. The van der Waals surface area contributed by atoms with E-state index in [1.807, 2.05) is 12.1 Å². The molecule has 4 aromatic rings. The van der Waals surface area contributed by atoms with Crippen molar-refractivity contribution in [1.29, 1.82) is 0 Å². The second kappa shape index (κ2) is 11.5. The summed E-state index contributed by atoms with van der Waals surface area (Å²) >= 11 is 0. The van der Waals surface area contributed by atoms with Crippen molar-refractivity contribution in [3.8, 4) is 28.6 Å². The Morgan fingerprint density at radius 2 is 1.60 bits per heavy atom. The van der Waals surface area contributed by atoms with Gasteiger partial charge >= 0.3 is 5.97 Å². The summed E-state index contributed by atoms with van der Waals surface area (Å²) in [6, 6.07) is 17.6. The molecule has 1 aliphatic rings. The SMILES string of the molecule is CCOC(=O)c1c(-c2ccc(OC)cc2)oc2ccc(OCCCCN3C(=O)C(=O)c4cc(OC)ccc43)cc12. The lowest BCUT2D eigenvalue weighted by atomic mass is 10.1. The Kier molecular flexibility index (Phi) is 7.72. The summed E-state index contributed by atoms with van der Waals surface area (Å²) in [4.78, 5) is 39.3. The summed E-state index contributed by atoms with van der Waals surface area (Å²) in [5, 5.41) is 0.593. The number of hydrogen-bond acceptors (Lipinski definition) is 8. The number of furan rings is 1. The molecule has 0 aliphatic carbocycles. The average Bonchev–Trinajstić information content (AvgIpc) is 3.47. The molecule has 1 aliphatic heterocycles. The zero-order chi connectivity index (χ0) is 28.2. The van der Waals surface area contributed by atoms with Crippen LogP contribution in [0.2, 0.25) is 0 Å². The van der Waals surface area contributed by atoms with E-state index < -0.39 is 17.7 Å². The molecule has 40 heavy (non-hydrogen) atoms. The Morgan fingerprint density at radius 1 is 0.875 bits per heavy atom. The lowest BCUT2D eigenvalue weighted by Gasteiger charge is -2.16. The van der Waals surface area contributed by atoms with Crippen molar-refractivity contribution in [2.45, 2.75) is 19.8 Å². The second-order valence-corrected chi connectivity index (χ2v) is 9.14. The lowest BCUT2D eigenvalue weighted by Crippen LogP contribution is -2.30. The van der Waals surface area contributed by atoms with E-state index in [1.165, 1.54) is 12.0 Å². The number of unbranched alkanes of at least 4 members (excludes halogenated alkanes) is 1. The smallest absolute Gasteiger partial charge is 0.342 e. The monoisotopic (exact) mass is 543 g/mol. The molecule has 0 saturated carbocycles. The first-order valence-corrected chi connectivity index (χ1v) is 13.0. The number of hydrogen-bond donors (Lipinski definition) is 0. The number of fused-ring (bicyclic) bond motifs is 2. The van der Waals surface area contributed by atoms with Crippen molar-refractivity contribution in [2.75, 3.05) is 38.9 Å². The van der Waals surface area contributed by atoms with Crippen LogP contribution in [0.15, 0.2) is 65.1 Å². The van der Waals surface area contributed by atoms with Gasteiger partial charge in [-0.1, -0.05) is 0 Å². The highest BCUT2D eigenvalue weighted by molar-refractivity contribution is 6.52. The Morgan fingerprint density at radius 3 is 2.33 bits per heavy atom. The van der Waals surface area contributed by atoms with Crippen molar-refractivity contribution >= 4 is 34.3 Å². The van der Waals surface area contributed by atoms with Gasteiger partial charge in [-0.2, -0.15) is 0 Å². The number of rotatable bonds is 11. The number of amides is 1. The minimum atomic E-state index is -0.534. The summed E-state index contributed by atoms with van der Waals surface area (Å²) < 4.78 is 27.8. The Hall–Kier alpha value is -4.79. The number of esters is 1. The first kappa shape index (κ1) is 26.8. The molecule has 3 aromatic carbocycles. The molecule has 0 bridgehead atoms. The van der Waals surface area contributed by atoms with Crippen LogP contribution in [0.4, 0.5) is 5.69 Å². The molecular weight excluding hydrogens is 514 g/mol. The van der Waals surface area contributed by atoms with Crippen molar-refractivity contribution in [1.82, 2.24) is 0 Å². The van der Waals surface area contributed by atoms with Gasteiger partial charge in [-0.05, 0) is 80.4 Å². The fourth-order valence-electron chi connectivity index (χ4n) is 4.71. The quantitative estimate of drug-likeness (QED) is 0.135. The highest BCUT2D eigenvalue weighted by Gasteiger charge is 2.35. The molecule has 5 rings (SSSR count). The van der Waals surface area contributed by atoms with Crippen LogP contribution in [0.5, 0.6) is 17.2 Å². The van der Waals surface area contributed by atoms with Crippen molar-refractivity contribution in [2.24, 2.45) is 0 Å². The zero-order valence-electron chi connectivity index (χ0n) is 22.5.